The Hall–Kier alpha value is -2.56. The van der Waals surface area contributed by atoms with Gasteiger partial charge in [0.05, 0.1) is 20.6 Å². The molecule has 0 atom stereocenters. The third-order valence-electron chi connectivity index (χ3n) is 3.63. The molecule has 0 radical (unpaired) electrons. The van der Waals surface area contributed by atoms with E-state index in [1.165, 1.54) is 6.07 Å². The summed E-state index contributed by atoms with van der Waals surface area (Å²) in [6.45, 7) is 2.28. The van der Waals surface area contributed by atoms with Crippen LogP contribution in [0.25, 0.3) is 0 Å². The van der Waals surface area contributed by atoms with Gasteiger partial charge in [-0.15, -0.1) is 0 Å². The van der Waals surface area contributed by atoms with Crippen LogP contribution in [-0.2, 0) is 17.8 Å². The Morgan fingerprint density at radius 1 is 1.09 bits per heavy atom. The van der Waals surface area contributed by atoms with E-state index in [-0.39, 0.29) is 18.1 Å². The fourth-order valence-electron chi connectivity index (χ4n) is 2.28. The first-order chi connectivity index (χ1) is 11.0. The van der Waals surface area contributed by atoms with Crippen molar-refractivity contribution in [2.24, 2.45) is 0 Å². The van der Waals surface area contributed by atoms with Crippen LogP contribution in [0.1, 0.15) is 16.7 Å². The van der Waals surface area contributed by atoms with E-state index >= 15 is 0 Å². The minimum Gasteiger partial charge on any atom is -0.493 e. The predicted octanol–water partition coefficient (Wildman–Crippen LogP) is 3.01. The van der Waals surface area contributed by atoms with Crippen LogP contribution < -0.4 is 14.8 Å². The second-order valence-corrected chi connectivity index (χ2v) is 5.18. The van der Waals surface area contributed by atoms with Crippen molar-refractivity contribution in [2.45, 2.75) is 19.9 Å². The van der Waals surface area contributed by atoms with Crippen LogP contribution in [0.2, 0.25) is 0 Å². The van der Waals surface area contributed by atoms with Crippen molar-refractivity contribution in [3.05, 3.63) is 58.9 Å². The molecule has 122 valence electrons. The van der Waals surface area contributed by atoms with Crippen LogP contribution in [-0.4, -0.2) is 20.1 Å². The molecule has 0 aliphatic heterocycles. The number of rotatable bonds is 6. The third kappa shape index (κ3) is 4.22. The number of nitrogens with one attached hydrogen (secondary N) is 1. The van der Waals surface area contributed by atoms with E-state index in [4.69, 9.17) is 9.47 Å². The molecule has 0 aliphatic rings. The zero-order chi connectivity index (χ0) is 16.8. The molecule has 2 rings (SSSR count). The van der Waals surface area contributed by atoms with E-state index in [1.54, 1.807) is 32.4 Å². The van der Waals surface area contributed by atoms with Crippen LogP contribution in [0.15, 0.2) is 36.4 Å². The molecule has 2 aromatic rings. The maximum atomic E-state index is 13.5. The Balaban J connectivity index is 2.03. The van der Waals surface area contributed by atoms with Crippen molar-refractivity contribution in [3.63, 3.8) is 0 Å². The van der Waals surface area contributed by atoms with Crippen LogP contribution in [0.5, 0.6) is 11.5 Å². The predicted molar refractivity (Wildman–Crippen MR) is 86.2 cm³/mol. The van der Waals surface area contributed by atoms with Crippen molar-refractivity contribution in [3.8, 4) is 11.5 Å². The normalized spacial score (nSPS) is 10.3. The molecule has 0 bridgehead atoms. The van der Waals surface area contributed by atoms with Crippen LogP contribution in [0.3, 0.4) is 0 Å². The molecule has 0 heterocycles. The van der Waals surface area contributed by atoms with E-state index in [9.17, 15) is 9.18 Å². The van der Waals surface area contributed by atoms with Gasteiger partial charge in [0, 0.05) is 6.54 Å². The van der Waals surface area contributed by atoms with Gasteiger partial charge in [-0.1, -0.05) is 18.2 Å². The van der Waals surface area contributed by atoms with Gasteiger partial charge in [-0.2, -0.15) is 0 Å². The van der Waals surface area contributed by atoms with Gasteiger partial charge in [-0.05, 0) is 41.8 Å². The number of carbonyl (C=O) groups excluding carboxylic acids is 1. The molecule has 2 aromatic carbocycles. The summed E-state index contributed by atoms with van der Waals surface area (Å²) in [6, 6.07) is 9.96. The number of amides is 1. The van der Waals surface area contributed by atoms with Gasteiger partial charge in [0.1, 0.15) is 5.82 Å². The summed E-state index contributed by atoms with van der Waals surface area (Å²) >= 11 is 0. The highest BCUT2D eigenvalue weighted by molar-refractivity contribution is 5.78. The lowest BCUT2D eigenvalue weighted by Gasteiger charge is -2.13. The first kappa shape index (κ1) is 16.8. The number of hydrogen-bond acceptors (Lipinski definition) is 3. The first-order valence-electron chi connectivity index (χ1n) is 7.26. The van der Waals surface area contributed by atoms with Crippen LogP contribution in [0.4, 0.5) is 4.39 Å². The Kier molecular flexibility index (Phi) is 5.57. The summed E-state index contributed by atoms with van der Waals surface area (Å²) < 4.78 is 24.0. The Morgan fingerprint density at radius 3 is 2.39 bits per heavy atom. The second kappa shape index (κ2) is 7.63. The lowest BCUT2D eigenvalue weighted by Crippen LogP contribution is -2.25. The molecular formula is C18H20FNO3. The molecule has 0 fully saturated rings. The van der Waals surface area contributed by atoms with E-state index in [0.717, 1.165) is 11.1 Å². The van der Waals surface area contributed by atoms with Crippen molar-refractivity contribution >= 4 is 5.91 Å². The molecule has 4 nitrogen and oxygen atoms in total. The summed E-state index contributed by atoms with van der Waals surface area (Å²) in [4.78, 5) is 12.0. The zero-order valence-electron chi connectivity index (χ0n) is 13.5. The highest BCUT2D eigenvalue weighted by Gasteiger charge is 2.11. The van der Waals surface area contributed by atoms with Gasteiger partial charge in [-0.25, -0.2) is 4.39 Å². The maximum Gasteiger partial charge on any atom is 0.224 e. The monoisotopic (exact) mass is 317 g/mol. The zero-order valence-corrected chi connectivity index (χ0v) is 13.5. The van der Waals surface area contributed by atoms with E-state index in [1.807, 2.05) is 19.1 Å². The SMILES string of the molecule is COc1cc(C)c(CNC(=O)Cc2ccccc2F)cc1OC. The average Bonchev–Trinajstić information content (AvgIpc) is 2.55. The molecule has 1 amide bonds. The van der Waals surface area contributed by atoms with Gasteiger partial charge in [0.2, 0.25) is 5.91 Å². The summed E-state index contributed by atoms with van der Waals surface area (Å²) in [5.41, 5.74) is 2.28. The molecule has 0 aromatic heterocycles. The molecule has 0 saturated heterocycles. The highest BCUT2D eigenvalue weighted by Crippen LogP contribution is 2.30. The Morgan fingerprint density at radius 2 is 1.74 bits per heavy atom. The first-order valence-corrected chi connectivity index (χ1v) is 7.26. The van der Waals surface area contributed by atoms with Crippen LogP contribution >= 0.6 is 0 Å². The lowest BCUT2D eigenvalue weighted by atomic mass is 10.1. The van der Waals surface area contributed by atoms with Gasteiger partial charge in [-0.3, -0.25) is 4.79 Å². The van der Waals surface area contributed by atoms with E-state index in [0.29, 0.717) is 23.6 Å². The number of benzene rings is 2. The second-order valence-electron chi connectivity index (χ2n) is 5.18. The van der Waals surface area contributed by atoms with Gasteiger partial charge in [0.15, 0.2) is 11.5 Å². The average molecular weight is 317 g/mol. The number of aryl methyl sites for hydroxylation is 1. The standard InChI is InChI=1S/C18H20FNO3/c1-12-8-16(22-2)17(23-3)9-14(12)11-20-18(21)10-13-6-4-5-7-15(13)19/h4-9H,10-11H2,1-3H3,(H,20,21). The molecule has 0 aliphatic carbocycles. The lowest BCUT2D eigenvalue weighted by molar-refractivity contribution is -0.120. The molecule has 0 unspecified atom stereocenters. The van der Waals surface area contributed by atoms with Crippen LogP contribution in [0, 0.1) is 12.7 Å². The van der Waals surface area contributed by atoms with E-state index in [2.05, 4.69) is 5.32 Å². The molecule has 5 heteroatoms. The molecule has 0 spiro atoms. The molecule has 23 heavy (non-hydrogen) atoms. The number of carbonyl (C=O) groups is 1. The Labute approximate surface area is 135 Å². The fourth-order valence-corrected chi connectivity index (χ4v) is 2.28. The molecule has 1 N–H and O–H groups in total. The summed E-state index contributed by atoms with van der Waals surface area (Å²) in [5, 5.41) is 2.80. The Bertz CT molecular complexity index is 701. The van der Waals surface area contributed by atoms with Crippen molar-refractivity contribution in [1.29, 1.82) is 0 Å². The molecular weight excluding hydrogens is 297 g/mol. The van der Waals surface area contributed by atoms with Crippen molar-refractivity contribution in [1.82, 2.24) is 5.32 Å². The van der Waals surface area contributed by atoms with Gasteiger partial charge >= 0.3 is 0 Å². The summed E-state index contributed by atoms with van der Waals surface area (Å²) in [6.07, 6.45) is 0.0129. The number of hydrogen-bond donors (Lipinski definition) is 1. The summed E-state index contributed by atoms with van der Waals surface area (Å²) in [5.74, 6) is 0.650. The van der Waals surface area contributed by atoms with E-state index < -0.39 is 0 Å². The fraction of sp³-hybridized carbons (Fsp3) is 0.278. The third-order valence-corrected chi connectivity index (χ3v) is 3.63. The largest absolute Gasteiger partial charge is 0.493 e. The topological polar surface area (TPSA) is 47.6 Å². The minimum absolute atomic E-state index is 0.0129. The van der Waals surface area contributed by atoms with Crippen molar-refractivity contribution < 1.29 is 18.7 Å². The van der Waals surface area contributed by atoms with Gasteiger partial charge in [0.25, 0.3) is 0 Å². The number of halogens is 1. The minimum atomic E-state index is -0.370. The van der Waals surface area contributed by atoms with Gasteiger partial charge < -0.3 is 14.8 Å². The summed E-state index contributed by atoms with van der Waals surface area (Å²) in [7, 11) is 3.14. The molecule has 0 saturated carbocycles. The van der Waals surface area contributed by atoms with Crippen molar-refractivity contribution in [2.75, 3.05) is 14.2 Å². The smallest absolute Gasteiger partial charge is 0.224 e. The maximum absolute atomic E-state index is 13.5. The highest BCUT2D eigenvalue weighted by atomic mass is 19.1. The quantitative estimate of drug-likeness (QED) is 0.891. The number of ether oxygens (including phenoxy) is 2. The number of methoxy groups -OCH3 is 2.